The fourth-order valence-corrected chi connectivity index (χ4v) is 1.17. The van der Waals surface area contributed by atoms with Crippen molar-refractivity contribution in [3.63, 3.8) is 0 Å². The minimum atomic E-state index is 1.28. The van der Waals surface area contributed by atoms with Gasteiger partial charge in [0.2, 0.25) is 0 Å². The topological polar surface area (TPSA) is 0 Å². The molecule has 0 nitrogen and oxygen atoms in total. The lowest BCUT2D eigenvalue weighted by Crippen LogP contribution is -1.75. The van der Waals surface area contributed by atoms with Gasteiger partial charge in [-0.1, -0.05) is 60.7 Å². The number of allylic oxidation sites excluding steroid dienone is 6. The van der Waals surface area contributed by atoms with E-state index in [9.17, 15) is 0 Å². The minimum Gasteiger partial charge on any atom is -0.0877 e. The molecule has 0 fully saturated rings. The lowest BCUT2D eigenvalue weighted by Gasteiger charge is -1.97. The van der Waals surface area contributed by atoms with E-state index in [0.717, 1.165) is 0 Å². The monoisotopic (exact) mass is 184 g/mol. The van der Waals surface area contributed by atoms with Crippen LogP contribution in [0.1, 0.15) is 19.4 Å². The molecule has 0 amide bonds. The van der Waals surface area contributed by atoms with Gasteiger partial charge in [-0.2, -0.15) is 0 Å². The average molecular weight is 184 g/mol. The third-order valence-electron chi connectivity index (χ3n) is 1.99. The van der Waals surface area contributed by atoms with Gasteiger partial charge < -0.3 is 0 Å². The molecule has 0 N–H and O–H groups in total. The van der Waals surface area contributed by atoms with E-state index in [2.05, 4.69) is 43.3 Å². The summed E-state index contributed by atoms with van der Waals surface area (Å²) in [6.45, 7) is 4.13. The molecule has 72 valence electrons. The van der Waals surface area contributed by atoms with Crippen molar-refractivity contribution in [3.05, 3.63) is 66.3 Å². The third kappa shape index (κ3) is 3.44. The standard InChI is InChI=1S/C14H16/c1-3-4-5-7-10-13(2)14-11-8-6-9-12-14/h3-12H,1-2H3/b4-3-,7-5-,13-10+. The van der Waals surface area contributed by atoms with Crippen LogP contribution in [0.15, 0.2) is 60.7 Å². The molecule has 0 saturated heterocycles. The van der Waals surface area contributed by atoms with E-state index >= 15 is 0 Å². The molecular weight excluding hydrogens is 168 g/mol. The predicted octanol–water partition coefficient (Wildman–Crippen LogP) is 4.22. The van der Waals surface area contributed by atoms with Crippen molar-refractivity contribution < 1.29 is 0 Å². The van der Waals surface area contributed by atoms with Gasteiger partial charge >= 0.3 is 0 Å². The maximum Gasteiger partial charge on any atom is -0.0227 e. The fourth-order valence-electron chi connectivity index (χ4n) is 1.17. The van der Waals surface area contributed by atoms with Gasteiger partial charge in [-0.3, -0.25) is 0 Å². The summed E-state index contributed by atoms with van der Waals surface area (Å²) >= 11 is 0. The van der Waals surface area contributed by atoms with Crippen molar-refractivity contribution >= 4 is 5.57 Å². The molecule has 0 radical (unpaired) electrons. The number of benzene rings is 1. The van der Waals surface area contributed by atoms with Crippen molar-refractivity contribution in [3.8, 4) is 0 Å². The highest BCUT2D eigenvalue weighted by Gasteiger charge is 1.89. The molecule has 0 aliphatic carbocycles. The summed E-state index contributed by atoms with van der Waals surface area (Å²) < 4.78 is 0. The zero-order valence-electron chi connectivity index (χ0n) is 8.77. The first-order chi connectivity index (χ1) is 6.84. The quantitative estimate of drug-likeness (QED) is 0.617. The van der Waals surface area contributed by atoms with Gasteiger partial charge in [0.15, 0.2) is 0 Å². The Hall–Kier alpha value is -1.56. The van der Waals surface area contributed by atoms with E-state index in [1.807, 2.05) is 31.2 Å². The minimum absolute atomic E-state index is 1.28. The van der Waals surface area contributed by atoms with Crippen molar-refractivity contribution in [1.82, 2.24) is 0 Å². The highest BCUT2D eigenvalue weighted by molar-refractivity contribution is 5.64. The van der Waals surface area contributed by atoms with Crippen molar-refractivity contribution in [1.29, 1.82) is 0 Å². The summed E-state index contributed by atoms with van der Waals surface area (Å²) in [5, 5.41) is 0. The van der Waals surface area contributed by atoms with Crippen LogP contribution < -0.4 is 0 Å². The number of hydrogen-bond acceptors (Lipinski definition) is 0. The SMILES string of the molecule is C\C=C/C=C\C=C(/C)c1ccccc1. The van der Waals surface area contributed by atoms with Gasteiger partial charge in [-0.05, 0) is 25.0 Å². The Bertz CT molecular complexity index is 340. The molecular formula is C14H16. The summed E-state index contributed by atoms with van der Waals surface area (Å²) in [6, 6.07) is 10.4. The molecule has 14 heavy (non-hydrogen) atoms. The molecule has 0 spiro atoms. The highest BCUT2D eigenvalue weighted by Crippen LogP contribution is 2.12. The Labute approximate surface area is 86.3 Å². The average Bonchev–Trinajstić information content (AvgIpc) is 2.25. The molecule has 1 rings (SSSR count). The number of rotatable bonds is 3. The molecule has 0 saturated carbocycles. The Morgan fingerprint density at radius 1 is 1.00 bits per heavy atom. The Morgan fingerprint density at radius 2 is 1.71 bits per heavy atom. The van der Waals surface area contributed by atoms with Crippen LogP contribution in [0.3, 0.4) is 0 Å². The van der Waals surface area contributed by atoms with E-state index in [4.69, 9.17) is 0 Å². The van der Waals surface area contributed by atoms with Crippen LogP contribution in [0.4, 0.5) is 0 Å². The second-order valence-corrected chi connectivity index (χ2v) is 3.13. The van der Waals surface area contributed by atoms with Gasteiger partial charge in [0.1, 0.15) is 0 Å². The first-order valence-electron chi connectivity index (χ1n) is 4.86. The van der Waals surface area contributed by atoms with Crippen LogP contribution in [0.5, 0.6) is 0 Å². The van der Waals surface area contributed by atoms with Crippen LogP contribution >= 0.6 is 0 Å². The van der Waals surface area contributed by atoms with E-state index in [1.165, 1.54) is 11.1 Å². The van der Waals surface area contributed by atoms with Crippen LogP contribution in [0.25, 0.3) is 5.57 Å². The molecule has 0 heteroatoms. The van der Waals surface area contributed by atoms with Gasteiger partial charge in [0.05, 0.1) is 0 Å². The highest BCUT2D eigenvalue weighted by atomic mass is 13.9. The van der Waals surface area contributed by atoms with Crippen LogP contribution in [0.2, 0.25) is 0 Å². The molecule has 0 aromatic heterocycles. The summed E-state index contributed by atoms with van der Waals surface area (Å²) in [6.07, 6.45) is 10.3. The van der Waals surface area contributed by atoms with Gasteiger partial charge in [-0.25, -0.2) is 0 Å². The summed E-state index contributed by atoms with van der Waals surface area (Å²) in [5.41, 5.74) is 2.56. The van der Waals surface area contributed by atoms with Gasteiger partial charge in [0.25, 0.3) is 0 Å². The molecule has 1 aromatic rings. The lowest BCUT2D eigenvalue weighted by atomic mass is 10.1. The smallest absolute Gasteiger partial charge is 0.0227 e. The Balaban J connectivity index is 2.70. The normalized spacial score (nSPS) is 12.9. The molecule has 1 aromatic carbocycles. The van der Waals surface area contributed by atoms with E-state index in [1.54, 1.807) is 0 Å². The summed E-state index contributed by atoms with van der Waals surface area (Å²) in [7, 11) is 0. The largest absolute Gasteiger partial charge is 0.0877 e. The second kappa shape index (κ2) is 5.98. The summed E-state index contributed by atoms with van der Waals surface area (Å²) in [5.74, 6) is 0. The van der Waals surface area contributed by atoms with Crippen LogP contribution in [-0.2, 0) is 0 Å². The van der Waals surface area contributed by atoms with E-state index in [-0.39, 0.29) is 0 Å². The maximum absolute atomic E-state index is 2.12. The summed E-state index contributed by atoms with van der Waals surface area (Å²) in [4.78, 5) is 0. The fraction of sp³-hybridized carbons (Fsp3) is 0.143. The number of hydrogen-bond donors (Lipinski definition) is 0. The van der Waals surface area contributed by atoms with Crippen molar-refractivity contribution in [2.24, 2.45) is 0 Å². The zero-order chi connectivity index (χ0) is 10.2. The Morgan fingerprint density at radius 3 is 2.36 bits per heavy atom. The van der Waals surface area contributed by atoms with Crippen LogP contribution in [0, 0.1) is 0 Å². The van der Waals surface area contributed by atoms with Crippen LogP contribution in [-0.4, -0.2) is 0 Å². The molecule has 0 bridgehead atoms. The molecule has 0 heterocycles. The zero-order valence-corrected chi connectivity index (χ0v) is 8.77. The van der Waals surface area contributed by atoms with Gasteiger partial charge in [0, 0.05) is 0 Å². The second-order valence-electron chi connectivity index (χ2n) is 3.13. The Kier molecular flexibility index (Phi) is 4.49. The van der Waals surface area contributed by atoms with Crippen molar-refractivity contribution in [2.45, 2.75) is 13.8 Å². The lowest BCUT2D eigenvalue weighted by molar-refractivity contribution is 1.57. The third-order valence-corrected chi connectivity index (χ3v) is 1.99. The molecule has 0 unspecified atom stereocenters. The van der Waals surface area contributed by atoms with Crippen molar-refractivity contribution in [2.75, 3.05) is 0 Å². The first kappa shape index (κ1) is 10.5. The predicted molar refractivity (Wildman–Crippen MR) is 64.0 cm³/mol. The van der Waals surface area contributed by atoms with E-state index in [0.29, 0.717) is 0 Å². The first-order valence-corrected chi connectivity index (χ1v) is 4.86. The molecule has 0 atom stereocenters. The van der Waals surface area contributed by atoms with E-state index < -0.39 is 0 Å². The van der Waals surface area contributed by atoms with Gasteiger partial charge in [-0.15, -0.1) is 0 Å². The molecule has 0 aliphatic heterocycles. The molecule has 0 aliphatic rings. The maximum atomic E-state index is 2.12.